The number of likely N-dealkylation sites (tertiary alicyclic amines) is 1. The highest BCUT2D eigenvalue weighted by Gasteiger charge is 2.29. The largest absolute Gasteiger partial charge is 0.382 e. The summed E-state index contributed by atoms with van der Waals surface area (Å²) in [7, 11) is 1.99. The van der Waals surface area contributed by atoms with Crippen LogP contribution < -0.4 is 5.73 Å². The van der Waals surface area contributed by atoms with Crippen molar-refractivity contribution in [1.29, 1.82) is 0 Å². The fraction of sp³-hybridized carbons (Fsp3) is 0.304. The van der Waals surface area contributed by atoms with Gasteiger partial charge in [-0.1, -0.05) is 48.0 Å². The van der Waals surface area contributed by atoms with Gasteiger partial charge in [0.2, 0.25) is 0 Å². The Morgan fingerprint density at radius 3 is 2.81 bits per heavy atom. The van der Waals surface area contributed by atoms with Crippen LogP contribution in [0.4, 0.5) is 5.82 Å². The highest BCUT2D eigenvalue weighted by molar-refractivity contribution is 5.99. The van der Waals surface area contributed by atoms with Crippen molar-refractivity contribution in [2.24, 2.45) is 0 Å². The van der Waals surface area contributed by atoms with Gasteiger partial charge in [-0.05, 0) is 44.1 Å². The number of aromatic nitrogens is 5. The molecule has 1 atom stereocenters. The minimum atomic E-state index is -0.159. The first-order valence-corrected chi connectivity index (χ1v) is 10.6. The van der Waals surface area contributed by atoms with E-state index in [-0.39, 0.29) is 11.9 Å². The van der Waals surface area contributed by atoms with E-state index in [9.17, 15) is 4.79 Å². The van der Waals surface area contributed by atoms with Crippen molar-refractivity contribution in [3.63, 3.8) is 0 Å². The summed E-state index contributed by atoms with van der Waals surface area (Å²) in [5, 5.41) is 13.7. The Morgan fingerprint density at radius 2 is 2.00 bits per heavy atom. The molecule has 0 bridgehead atoms. The summed E-state index contributed by atoms with van der Waals surface area (Å²) in [6.07, 6.45) is 4.94. The summed E-state index contributed by atoms with van der Waals surface area (Å²) in [5.41, 5.74) is 9.72. The topological polar surface area (TPSA) is 94.9 Å². The molecule has 158 valence electrons. The maximum atomic E-state index is 13.1. The molecule has 1 saturated heterocycles. The second-order valence-corrected chi connectivity index (χ2v) is 8.15. The Hall–Kier alpha value is -3.52. The van der Waals surface area contributed by atoms with E-state index in [1.165, 1.54) is 4.68 Å². The third kappa shape index (κ3) is 3.70. The van der Waals surface area contributed by atoms with Crippen LogP contribution in [0.15, 0.2) is 54.7 Å². The minimum Gasteiger partial charge on any atom is -0.382 e. The predicted octanol–water partition coefficient (Wildman–Crippen LogP) is 3.05. The fourth-order valence-corrected chi connectivity index (χ4v) is 4.28. The second-order valence-electron chi connectivity index (χ2n) is 8.15. The molecule has 1 unspecified atom stereocenters. The summed E-state index contributed by atoms with van der Waals surface area (Å²) in [6, 6.07) is 15.7. The lowest BCUT2D eigenvalue weighted by molar-refractivity contribution is 0.0698. The van der Waals surface area contributed by atoms with Gasteiger partial charge in [-0.15, -0.1) is 10.2 Å². The molecule has 0 spiro atoms. The minimum absolute atomic E-state index is 0.0227. The van der Waals surface area contributed by atoms with Crippen LogP contribution >= 0.6 is 0 Å². The van der Waals surface area contributed by atoms with Crippen molar-refractivity contribution in [3.8, 4) is 11.3 Å². The van der Waals surface area contributed by atoms with Crippen molar-refractivity contribution < 1.29 is 4.79 Å². The smallest absolute Gasteiger partial charge is 0.264 e. The third-order valence-corrected chi connectivity index (χ3v) is 5.99. The number of likely N-dealkylation sites (N-methyl/N-ethyl adjacent to an activating group) is 1. The van der Waals surface area contributed by atoms with Gasteiger partial charge in [0.05, 0.1) is 24.3 Å². The van der Waals surface area contributed by atoms with E-state index in [1.54, 1.807) is 0 Å². The molecule has 3 heterocycles. The lowest BCUT2D eigenvalue weighted by Crippen LogP contribution is -2.44. The van der Waals surface area contributed by atoms with Crippen LogP contribution in [0.1, 0.15) is 29.6 Å². The molecule has 0 saturated carbocycles. The van der Waals surface area contributed by atoms with Crippen molar-refractivity contribution in [2.45, 2.75) is 31.8 Å². The quantitative estimate of drug-likeness (QED) is 0.550. The van der Waals surface area contributed by atoms with Crippen molar-refractivity contribution >= 4 is 22.6 Å². The number of nitrogen functional groups attached to an aromatic ring is 1. The van der Waals surface area contributed by atoms with E-state index in [1.807, 2.05) is 54.3 Å². The Labute approximate surface area is 180 Å². The van der Waals surface area contributed by atoms with Crippen molar-refractivity contribution in [1.82, 2.24) is 29.7 Å². The number of piperidine rings is 1. The summed E-state index contributed by atoms with van der Waals surface area (Å²) in [5.74, 6) is 0.325. The first-order valence-electron chi connectivity index (χ1n) is 10.6. The van der Waals surface area contributed by atoms with Gasteiger partial charge >= 0.3 is 0 Å². The number of anilines is 1. The molecule has 1 aliphatic rings. The van der Waals surface area contributed by atoms with Crippen molar-refractivity contribution in [2.75, 3.05) is 19.3 Å². The first kappa shape index (κ1) is 19.4. The van der Waals surface area contributed by atoms with Crippen molar-refractivity contribution in [3.05, 3.63) is 60.3 Å². The normalized spacial score (nSPS) is 17.3. The lowest BCUT2D eigenvalue weighted by Gasteiger charge is -2.30. The van der Waals surface area contributed by atoms with Gasteiger partial charge < -0.3 is 5.73 Å². The average molecular weight is 416 g/mol. The zero-order valence-electron chi connectivity index (χ0n) is 17.5. The van der Waals surface area contributed by atoms with Crippen LogP contribution in [0.3, 0.4) is 0 Å². The van der Waals surface area contributed by atoms with Crippen LogP contribution in [0, 0.1) is 0 Å². The molecule has 0 aliphatic carbocycles. The molecule has 0 amide bonds. The van der Waals surface area contributed by atoms with Crippen LogP contribution in [-0.2, 0) is 6.54 Å². The number of hydrogen-bond acceptors (Lipinski definition) is 6. The molecular weight excluding hydrogens is 390 g/mol. The monoisotopic (exact) mass is 415 g/mol. The number of nitrogens with zero attached hydrogens (tertiary/aromatic N) is 6. The van der Waals surface area contributed by atoms with E-state index in [4.69, 9.17) is 5.73 Å². The molecule has 2 aromatic heterocycles. The zero-order chi connectivity index (χ0) is 21.4. The lowest BCUT2D eigenvalue weighted by atomic mass is 10.0. The highest BCUT2D eigenvalue weighted by atomic mass is 16.2. The Morgan fingerprint density at radius 1 is 1.16 bits per heavy atom. The molecule has 0 radical (unpaired) electrons. The molecule has 1 fully saturated rings. The fourth-order valence-electron chi connectivity index (χ4n) is 4.28. The summed E-state index contributed by atoms with van der Waals surface area (Å²) < 4.78 is 3.28. The molecule has 2 N–H and O–H groups in total. The third-order valence-electron chi connectivity index (χ3n) is 5.99. The van der Waals surface area contributed by atoms with Gasteiger partial charge in [0.25, 0.3) is 5.91 Å². The van der Waals surface area contributed by atoms with Crippen LogP contribution in [0.5, 0.6) is 0 Å². The van der Waals surface area contributed by atoms with Gasteiger partial charge in [0, 0.05) is 10.9 Å². The highest BCUT2D eigenvalue weighted by Crippen LogP contribution is 2.28. The Bertz CT molecular complexity index is 1230. The number of carbonyl (C=O) groups is 1. The standard InChI is InChI=1S/C23H25N7O/c1-28-12-6-5-9-21(28)23(31)30-20-11-10-17(13-18(20)22(24)26-30)19-15-29(27-25-19)14-16-7-3-2-4-8-16/h2-4,7-8,10-11,13,15,21H,5-6,9,12,14H2,1H3,(H2,24,26). The van der Waals surface area contributed by atoms with Gasteiger partial charge in [0.1, 0.15) is 5.69 Å². The number of nitrogens with two attached hydrogens (primary N) is 1. The zero-order valence-corrected chi connectivity index (χ0v) is 17.5. The second kappa shape index (κ2) is 7.96. The van der Waals surface area contributed by atoms with E-state index < -0.39 is 0 Å². The van der Waals surface area contributed by atoms with Crippen LogP contribution in [0.2, 0.25) is 0 Å². The van der Waals surface area contributed by atoms with Crippen LogP contribution in [0.25, 0.3) is 22.2 Å². The number of benzene rings is 2. The molecular formula is C23H25N7O. The Balaban J connectivity index is 1.44. The number of rotatable bonds is 4. The summed E-state index contributed by atoms with van der Waals surface area (Å²) in [4.78, 5) is 15.3. The molecule has 1 aliphatic heterocycles. The van der Waals surface area contributed by atoms with Gasteiger partial charge in [0.15, 0.2) is 5.82 Å². The van der Waals surface area contributed by atoms with Crippen LogP contribution in [-0.4, -0.2) is 55.2 Å². The predicted molar refractivity (Wildman–Crippen MR) is 120 cm³/mol. The SMILES string of the molecule is CN1CCCCC1C(=O)n1nc(N)c2cc(-c3cn(Cc4ccccc4)nn3)ccc21. The molecule has 2 aromatic carbocycles. The van der Waals surface area contributed by atoms with E-state index in [0.717, 1.165) is 53.5 Å². The summed E-state index contributed by atoms with van der Waals surface area (Å²) in [6.45, 7) is 1.58. The maximum Gasteiger partial charge on any atom is 0.264 e. The average Bonchev–Trinajstić information content (AvgIpc) is 3.39. The molecule has 5 rings (SSSR count). The number of fused-ring (bicyclic) bond motifs is 1. The number of hydrogen-bond donors (Lipinski definition) is 1. The summed E-state index contributed by atoms with van der Waals surface area (Å²) >= 11 is 0. The van der Waals surface area contributed by atoms with E-state index in [2.05, 4.69) is 32.4 Å². The molecule has 8 heteroatoms. The Kier molecular flexibility index (Phi) is 4.99. The van der Waals surface area contributed by atoms with Gasteiger partial charge in [-0.25, -0.2) is 4.68 Å². The maximum absolute atomic E-state index is 13.1. The number of carbonyl (C=O) groups excluding carboxylic acids is 1. The molecule has 4 aromatic rings. The molecule has 31 heavy (non-hydrogen) atoms. The molecule has 8 nitrogen and oxygen atoms in total. The first-order chi connectivity index (χ1) is 15.1. The van der Waals surface area contributed by atoms with Gasteiger partial charge in [-0.2, -0.15) is 4.68 Å². The van der Waals surface area contributed by atoms with E-state index in [0.29, 0.717) is 12.4 Å². The van der Waals surface area contributed by atoms with E-state index >= 15 is 0 Å². The van der Waals surface area contributed by atoms with Gasteiger partial charge in [-0.3, -0.25) is 9.69 Å².